The van der Waals surface area contributed by atoms with Crippen LogP contribution < -0.4 is 10.6 Å². The average Bonchev–Trinajstić information content (AvgIpc) is 2.69. The molecule has 1 unspecified atom stereocenters. The summed E-state index contributed by atoms with van der Waals surface area (Å²) in [5.41, 5.74) is 0.960. The largest absolute Gasteiger partial charge is 0.340 e. The Morgan fingerprint density at radius 1 is 1.31 bits per heavy atom. The first-order valence-corrected chi connectivity index (χ1v) is 5.48. The van der Waals surface area contributed by atoms with E-state index in [4.69, 9.17) is 0 Å². The van der Waals surface area contributed by atoms with E-state index in [2.05, 4.69) is 22.5 Å². The molecule has 84 valence electrons. The summed E-state index contributed by atoms with van der Waals surface area (Å²) in [6.45, 7) is 2.78. The maximum absolute atomic E-state index is 11.7. The molecule has 2 N–H and O–H groups in total. The maximum Gasteiger partial charge on any atom is 0.253 e. The highest BCUT2D eigenvalue weighted by molar-refractivity contribution is 6.06. The molecular weight excluding hydrogens is 202 g/mol. The minimum Gasteiger partial charge on any atom is -0.340 e. The van der Waals surface area contributed by atoms with E-state index in [1.807, 2.05) is 30.3 Å². The summed E-state index contributed by atoms with van der Waals surface area (Å²) in [4.78, 5) is 15.9. The van der Waals surface area contributed by atoms with Crippen molar-refractivity contribution in [2.75, 3.05) is 6.54 Å². The van der Waals surface area contributed by atoms with Gasteiger partial charge >= 0.3 is 0 Å². The summed E-state index contributed by atoms with van der Waals surface area (Å²) < 4.78 is 0. The van der Waals surface area contributed by atoms with Crippen LogP contribution in [0.15, 0.2) is 35.3 Å². The van der Waals surface area contributed by atoms with Gasteiger partial charge in [-0.3, -0.25) is 15.1 Å². The molecule has 0 saturated carbocycles. The first-order valence-electron chi connectivity index (χ1n) is 5.48. The Balaban J connectivity index is 2.11. The van der Waals surface area contributed by atoms with Gasteiger partial charge in [0.05, 0.1) is 0 Å². The van der Waals surface area contributed by atoms with Crippen LogP contribution in [0.25, 0.3) is 0 Å². The molecule has 1 aromatic rings. The molecule has 1 aromatic carbocycles. The van der Waals surface area contributed by atoms with Crippen molar-refractivity contribution in [3.05, 3.63) is 35.9 Å². The zero-order valence-corrected chi connectivity index (χ0v) is 9.23. The van der Waals surface area contributed by atoms with Crippen molar-refractivity contribution in [2.24, 2.45) is 4.99 Å². The lowest BCUT2D eigenvalue weighted by atomic mass is 10.1. The lowest BCUT2D eigenvalue weighted by Crippen LogP contribution is -2.25. The summed E-state index contributed by atoms with van der Waals surface area (Å²) in [5.74, 6) is 0.543. The molecule has 1 heterocycles. The smallest absolute Gasteiger partial charge is 0.253 e. The topological polar surface area (TPSA) is 53.5 Å². The molecule has 16 heavy (non-hydrogen) atoms. The van der Waals surface area contributed by atoms with Gasteiger partial charge in [-0.25, -0.2) is 0 Å². The Morgan fingerprint density at radius 2 is 2.06 bits per heavy atom. The summed E-state index contributed by atoms with van der Waals surface area (Å²) in [7, 11) is 0. The number of benzene rings is 1. The number of hydrogen-bond donors (Lipinski definition) is 2. The van der Waals surface area contributed by atoms with Crippen LogP contribution in [-0.2, 0) is 4.79 Å². The average molecular weight is 217 g/mol. The van der Waals surface area contributed by atoms with Crippen molar-refractivity contribution >= 4 is 11.9 Å². The van der Waals surface area contributed by atoms with Crippen LogP contribution in [0.1, 0.15) is 24.9 Å². The van der Waals surface area contributed by atoms with E-state index in [0.717, 1.165) is 18.5 Å². The fourth-order valence-electron chi connectivity index (χ4n) is 1.62. The molecule has 1 atom stereocenters. The Hall–Kier alpha value is -1.84. The lowest BCUT2D eigenvalue weighted by molar-refractivity contribution is -0.120. The molecule has 1 aliphatic rings. The highest BCUT2D eigenvalue weighted by atomic mass is 16.2. The summed E-state index contributed by atoms with van der Waals surface area (Å²) in [6, 6.07) is 9.33. The summed E-state index contributed by atoms with van der Waals surface area (Å²) in [6.07, 6.45) is 0.969. The second-order valence-electron chi connectivity index (χ2n) is 3.71. The van der Waals surface area contributed by atoms with Crippen LogP contribution in [0.3, 0.4) is 0 Å². The van der Waals surface area contributed by atoms with Crippen molar-refractivity contribution in [3.8, 4) is 0 Å². The standard InChI is InChI=1S/C12H15N3O/c1-2-8-13-12-14-10(11(16)15-12)9-6-4-3-5-7-9/h3-7,10H,2,8H2,1H3,(H2,13,14,15,16). The zero-order chi connectivity index (χ0) is 11.4. The van der Waals surface area contributed by atoms with Crippen molar-refractivity contribution in [3.63, 3.8) is 0 Å². The van der Waals surface area contributed by atoms with Gasteiger partial charge in [-0.15, -0.1) is 0 Å². The molecule has 1 aliphatic heterocycles. The number of guanidine groups is 1. The fourth-order valence-corrected chi connectivity index (χ4v) is 1.62. The zero-order valence-electron chi connectivity index (χ0n) is 9.23. The molecule has 0 spiro atoms. The first-order chi connectivity index (χ1) is 7.81. The van der Waals surface area contributed by atoms with Crippen LogP contribution in [-0.4, -0.2) is 18.4 Å². The van der Waals surface area contributed by atoms with Gasteiger partial charge in [0.2, 0.25) is 0 Å². The molecule has 1 amide bonds. The summed E-state index contributed by atoms with van der Waals surface area (Å²) >= 11 is 0. The van der Waals surface area contributed by atoms with Gasteiger partial charge in [0.25, 0.3) is 5.91 Å². The van der Waals surface area contributed by atoms with Gasteiger partial charge in [-0.2, -0.15) is 0 Å². The number of carbonyl (C=O) groups excluding carboxylic acids is 1. The minimum absolute atomic E-state index is 0.0407. The van der Waals surface area contributed by atoms with E-state index in [-0.39, 0.29) is 11.9 Å². The number of nitrogens with one attached hydrogen (secondary N) is 2. The van der Waals surface area contributed by atoms with Gasteiger partial charge in [0.1, 0.15) is 6.04 Å². The van der Waals surface area contributed by atoms with Crippen LogP contribution in [0, 0.1) is 0 Å². The van der Waals surface area contributed by atoms with Crippen molar-refractivity contribution in [1.29, 1.82) is 0 Å². The monoisotopic (exact) mass is 217 g/mol. The normalized spacial score (nSPS) is 21.9. The molecule has 4 nitrogen and oxygen atoms in total. The third-order valence-electron chi connectivity index (χ3n) is 2.41. The quantitative estimate of drug-likeness (QED) is 0.799. The van der Waals surface area contributed by atoms with Gasteiger partial charge in [0, 0.05) is 6.54 Å². The van der Waals surface area contributed by atoms with Gasteiger partial charge in [-0.05, 0) is 12.0 Å². The lowest BCUT2D eigenvalue weighted by Gasteiger charge is -2.06. The van der Waals surface area contributed by atoms with Crippen LogP contribution in [0.4, 0.5) is 0 Å². The van der Waals surface area contributed by atoms with E-state index >= 15 is 0 Å². The van der Waals surface area contributed by atoms with Crippen molar-refractivity contribution < 1.29 is 4.79 Å². The minimum atomic E-state index is -0.309. The van der Waals surface area contributed by atoms with Gasteiger partial charge < -0.3 is 5.32 Å². The molecule has 2 rings (SSSR count). The number of carbonyl (C=O) groups is 1. The van der Waals surface area contributed by atoms with Crippen molar-refractivity contribution in [2.45, 2.75) is 19.4 Å². The number of nitrogens with zero attached hydrogens (tertiary/aromatic N) is 1. The molecule has 0 radical (unpaired) electrons. The van der Waals surface area contributed by atoms with Crippen LogP contribution >= 0.6 is 0 Å². The Bertz CT molecular complexity index is 400. The molecule has 0 aromatic heterocycles. The molecule has 0 bridgehead atoms. The predicted molar refractivity (Wildman–Crippen MR) is 63.1 cm³/mol. The predicted octanol–water partition coefficient (Wildman–Crippen LogP) is 1.21. The number of amides is 1. The third kappa shape index (κ3) is 2.21. The highest BCUT2D eigenvalue weighted by Gasteiger charge is 2.28. The Kier molecular flexibility index (Phi) is 3.19. The van der Waals surface area contributed by atoms with Crippen LogP contribution in [0.5, 0.6) is 0 Å². The van der Waals surface area contributed by atoms with Crippen LogP contribution in [0.2, 0.25) is 0 Å². The van der Waals surface area contributed by atoms with E-state index < -0.39 is 0 Å². The van der Waals surface area contributed by atoms with E-state index in [1.54, 1.807) is 0 Å². The molecule has 1 fully saturated rings. The second kappa shape index (κ2) is 4.79. The molecule has 4 heteroatoms. The number of hydrogen-bond acceptors (Lipinski definition) is 2. The van der Waals surface area contributed by atoms with Crippen molar-refractivity contribution in [1.82, 2.24) is 10.6 Å². The Labute approximate surface area is 94.8 Å². The fraction of sp³-hybridized carbons (Fsp3) is 0.333. The van der Waals surface area contributed by atoms with E-state index in [9.17, 15) is 4.79 Å². The number of rotatable bonds is 3. The maximum atomic E-state index is 11.7. The van der Waals surface area contributed by atoms with E-state index in [0.29, 0.717) is 5.96 Å². The summed E-state index contributed by atoms with van der Waals surface area (Å²) in [5, 5.41) is 5.82. The molecular formula is C12H15N3O. The second-order valence-corrected chi connectivity index (χ2v) is 3.71. The number of aliphatic imine (C=N–C) groups is 1. The first kappa shape index (κ1) is 10.7. The molecule has 1 saturated heterocycles. The SMILES string of the molecule is CCCN=C1NC(=O)C(c2ccccc2)N1. The van der Waals surface area contributed by atoms with Gasteiger partial charge in [0.15, 0.2) is 5.96 Å². The Morgan fingerprint density at radius 3 is 2.75 bits per heavy atom. The molecule has 0 aliphatic carbocycles. The highest BCUT2D eigenvalue weighted by Crippen LogP contribution is 2.15. The third-order valence-corrected chi connectivity index (χ3v) is 2.41. The van der Waals surface area contributed by atoms with E-state index in [1.165, 1.54) is 0 Å². The van der Waals surface area contributed by atoms with Gasteiger partial charge in [-0.1, -0.05) is 37.3 Å².